The summed E-state index contributed by atoms with van der Waals surface area (Å²) in [6, 6.07) is 4.90. The van der Waals surface area contributed by atoms with E-state index in [0.717, 1.165) is 17.7 Å². The van der Waals surface area contributed by atoms with E-state index >= 15 is 0 Å². The summed E-state index contributed by atoms with van der Waals surface area (Å²) in [6.07, 6.45) is 6.16. The molecule has 0 spiro atoms. The van der Waals surface area contributed by atoms with Gasteiger partial charge in [0.1, 0.15) is 5.82 Å². The molecule has 6 heteroatoms. The first kappa shape index (κ1) is 13.8. The van der Waals surface area contributed by atoms with Gasteiger partial charge >= 0.3 is 0 Å². The van der Waals surface area contributed by atoms with Crippen LogP contribution < -0.4 is 11.3 Å². The van der Waals surface area contributed by atoms with Gasteiger partial charge in [0.25, 0.3) is 5.56 Å². The lowest BCUT2D eigenvalue weighted by molar-refractivity contribution is 0.678. The van der Waals surface area contributed by atoms with Crippen molar-refractivity contribution in [2.75, 3.05) is 12.0 Å². The fourth-order valence-corrected chi connectivity index (χ4v) is 2.19. The number of nitrogens with zero attached hydrogens (tertiary/aromatic N) is 2. The third-order valence-corrected chi connectivity index (χ3v) is 3.35. The zero-order valence-corrected chi connectivity index (χ0v) is 11.5. The largest absolute Gasteiger partial charge is 0.323 e. The highest BCUT2D eigenvalue weighted by atomic mass is 32.2. The van der Waals surface area contributed by atoms with Crippen LogP contribution in [0.4, 0.5) is 0 Å². The zero-order chi connectivity index (χ0) is 13.7. The molecule has 0 aliphatic carbocycles. The molecule has 1 unspecified atom stereocenters. The molecule has 0 saturated heterocycles. The van der Waals surface area contributed by atoms with Crippen molar-refractivity contribution < 1.29 is 0 Å². The quantitative estimate of drug-likeness (QED) is 0.866. The maximum absolute atomic E-state index is 11.7. The van der Waals surface area contributed by atoms with Crippen LogP contribution in [-0.2, 0) is 0 Å². The van der Waals surface area contributed by atoms with Gasteiger partial charge in [0, 0.05) is 30.1 Å². The van der Waals surface area contributed by atoms with Crippen LogP contribution in [0.2, 0.25) is 0 Å². The van der Waals surface area contributed by atoms with Crippen LogP contribution in [-0.4, -0.2) is 27.0 Å². The van der Waals surface area contributed by atoms with Gasteiger partial charge < -0.3 is 10.7 Å². The number of nitrogens with two attached hydrogens (primary N) is 1. The molecule has 0 aliphatic rings. The second-order valence-corrected chi connectivity index (χ2v) is 5.13. The minimum absolute atomic E-state index is 0.191. The Morgan fingerprint density at radius 3 is 3.05 bits per heavy atom. The van der Waals surface area contributed by atoms with Gasteiger partial charge in [0.2, 0.25) is 0 Å². The first-order valence-corrected chi connectivity index (χ1v) is 7.36. The van der Waals surface area contributed by atoms with Crippen LogP contribution in [0.15, 0.2) is 35.4 Å². The molecular weight excluding hydrogens is 260 g/mol. The van der Waals surface area contributed by atoms with Crippen molar-refractivity contribution >= 4 is 11.8 Å². The molecule has 19 heavy (non-hydrogen) atoms. The maximum atomic E-state index is 11.7. The van der Waals surface area contributed by atoms with Crippen LogP contribution >= 0.6 is 11.8 Å². The van der Waals surface area contributed by atoms with E-state index in [-0.39, 0.29) is 11.6 Å². The average Bonchev–Trinajstić information content (AvgIpc) is 2.45. The number of aromatic nitrogens is 3. The molecule has 2 heterocycles. The summed E-state index contributed by atoms with van der Waals surface area (Å²) in [7, 11) is 0. The van der Waals surface area contributed by atoms with Gasteiger partial charge in [-0.3, -0.25) is 9.78 Å². The van der Waals surface area contributed by atoms with E-state index in [1.54, 1.807) is 30.2 Å². The number of H-pyrrole nitrogens is 1. The highest BCUT2D eigenvalue weighted by Gasteiger charge is 2.10. The fourth-order valence-electron chi connectivity index (χ4n) is 1.70. The molecule has 0 aromatic carbocycles. The Kier molecular flexibility index (Phi) is 4.70. The van der Waals surface area contributed by atoms with E-state index in [4.69, 9.17) is 5.73 Å². The number of hydrogen-bond acceptors (Lipinski definition) is 5. The van der Waals surface area contributed by atoms with Gasteiger partial charge in [0.05, 0.1) is 5.69 Å². The minimum Gasteiger partial charge on any atom is -0.323 e. The number of pyridine rings is 1. The molecule has 0 aliphatic heterocycles. The lowest BCUT2D eigenvalue weighted by Gasteiger charge is -2.11. The molecule has 0 saturated carbocycles. The topological polar surface area (TPSA) is 84.7 Å². The monoisotopic (exact) mass is 276 g/mol. The van der Waals surface area contributed by atoms with E-state index < -0.39 is 0 Å². The molecule has 0 bridgehead atoms. The number of aromatic amines is 1. The molecule has 2 rings (SSSR count). The van der Waals surface area contributed by atoms with Gasteiger partial charge in [-0.05, 0) is 30.6 Å². The Labute approximate surface area is 115 Å². The molecule has 3 N–H and O–H groups in total. The predicted molar refractivity (Wildman–Crippen MR) is 78.0 cm³/mol. The van der Waals surface area contributed by atoms with Crippen molar-refractivity contribution in [2.24, 2.45) is 5.73 Å². The standard InChI is InChI=1S/C13H16N4OS/c1-19-6-4-10(14)11-7-12(18)17-13(16-11)9-3-2-5-15-8-9/h2-3,5,7-8,10H,4,6,14H2,1H3,(H,16,17,18). The summed E-state index contributed by atoms with van der Waals surface area (Å²) >= 11 is 1.73. The van der Waals surface area contributed by atoms with Crippen LogP contribution in [0, 0.1) is 0 Å². The fraction of sp³-hybridized carbons (Fsp3) is 0.308. The van der Waals surface area contributed by atoms with Crippen LogP contribution in [0.3, 0.4) is 0 Å². The highest BCUT2D eigenvalue weighted by Crippen LogP contribution is 2.16. The van der Waals surface area contributed by atoms with Crippen molar-refractivity contribution in [1.82, 2.24) is 15.0 Å². The first-order valence-electron chi connectivity index (χ1n) is 5.97. The van der Waals surface area contributed by atoms with Crippen molar-refractivity contribution in [1.29, 1.82) is 0 Å². The van der Waals surface area contributed by atoms with Crippen molar-refractivity contribution in [3.8, 4) is 11.4 Å². The number of nitrogens with one attached hydrogen (secondary N) is 1. The highest BCUT2D eigenvalue weighted by molar-refractivity contribution is 7.98. The Balaban J connectivity index is 2.32. The van der Waals surface area contributed by atoms with Gasteiger partial charge in [-0.25, -0.2) is 4.98 Å². The summed E-state index contributed by atoms with van der Waals surface area (Å²) < 4.78 is 0. The summed E-state index contributed by atoms with van der Waals surface area (Å²) in [5, 5.41) is 0. The molecule has 0 amide bonds. The molecule has 100 valence electrons. The summed E-state index contributed by atoms with van der Waals surface area (Å²) in [6.45, 7) is 0. The molecule has 5 nitrogen and oxygen atoms in total. The third-order valence-electron chi connectivity index (χ3n) is 2.71. The van der Waals surface area contributed by atoms with Gasteiger partial charge in [0.15, 0.2) is 0 Å². The maximum Gasteiger partial charge on any atom is 0.251 e. The molecule has 2 aromatic rings. The summed E-state index contributed by atoms with van der Waals surface area (Å²) in [4.78, 5) is 22.8. The average molecular weight is 276 g/mol. The molecule has 0 fully saturated rings. The normalized spacial score (nSPS) is 12.3. The zero-order valence-electron chi connectivity index (χ0n) is 10.7. The van der Waals surface area contributed by atoms with Crippen molar-refractivity contribution in [3.05, 3.63) is 46.6 Å². The van der Waals surface area contributed by atoms with Crippen LogP contribution in [0.5, 0.6) is 0 Å². The van der Waals surface area contributed by atoms with E-state index in [1.165, 1.54) is 6.07 Å². The van der Waals surface area contributed by atoms with Crippen molar-refractivity contribution in [2.45, 2.75) is 12.5 Å². The number of hydrogen-bond donors (Lipinski definition) is 2. The minimum atomic E-state index is -0.217. The van der Waals surface area contributed by atoms with Crippen molar-refractivity contribution in [3.63, 3.8) is 0 Å². The van der Waals surface area contributed by atoms with Crippen LogP contribution in [0.25, 0.3) is 11.4 Å². The second kappa shape index (κ2) is 6.49. The Bertz CT molecular complexity index is 585. The molecular formula is C13H16N4OS. The smallest absolute Gasteiger partial charge is 0.251 e. The third kappa shape index (κ3) is 3.65. The van der Waals surface area contributed by atoms with Crippen LogP contribution in [0.1, 0.15) is 18.2 Å². The Morgan fingerprint density at radius 1 is 1.53 bits per heavy atom. The lowest BCUT2D eigenvalue weighted by atomic mass is 10.1. The lowest BCUT2D eigenvalue weighted by Crippen LogP contribution is -2.18. The second-order valence-electron chi connectivity index (χ2n) is 4.15. The predicted octanol–water partition coefficient (Wildman–Crippen LogP) is 1.58. The first-order chi connectivity index (χ1) is 9.20. The summed E-state index contributed by atoms with van der Waals surface area (Å²) in [5.74, 6) is 1.45. The summed E-state index contributed by atoms with van der Waals surface area (Å²) in [5.41, 5.74) is 7.26. The Morgan fingerprint density at radius 2 is 2.37 bits per heavy atom. The molecule has 0 radical (unpaired) electrons. The SMILES string of the molecule is CSCCC(N)c1cc(=O)[nH]c(-c2cccnc2)n1. The van der Waals surface area contributed by atoms with E-state index in [0.29, 0.717) is 11.5 Å². The van der Waals surface area contributed by atoms with E-state index in [2.05, 4.69) is 15.0 Å². The van der Waals surface area contributed by atoms with E-state index in [9.17, 15) is 4.79 Å². The molecule has 1 atom stereocenters. The Hall–Kier alpha value is -1.66. The number of thioether (sulfide) groups is 1. The number of rotatable bonds is 5. The van der Waals surface area contributed by atoms with Gasteiger partial charge in [-0.1, -0.05) is 0 Å². The van der Waals surface area contributed by atoms with Gasteiger partial charge in [-0.2, -0.15) is 11.8 Å². The van der Waals surface area contributed by atoms with E-state index in [1.807, 2.05) is 12.3 Å². The molecule has 2 aromatic heterocycles. The van der Waals surface area contributed by atoms with Gasteiger partial charge in [-0.15, -0.1) is 0 Å².